The van der Waals surface area contributed by atoms with Crippen molar-refractivity contribution in [3.63, 3.8) is 0 Å². The summed E-state index contributed by atoms with van der Waals surface area (Å²) < 4.78 is 30.7. The molecule has 0 unspecified atom stereocenters. The summed E-state index contributed by atoms with van der Waals surface area (Å²) in [4.78, 5) is 6.93. The van der Waals surface area contributed by atoms with Crippen molar-refractivity contribution in [3.05, 3.63) is 131 Å². The molecule has 5 aromatic rings. The molecule has 0 bridgehead atoms. The Morgan fingerprint density at radius 3 is 1.55 bits per heavy atom. The van der Waals surface area contributed by atoms with E-state index in [1.54, 1.807) is 11.8 Å². The lowest BCUT2D eigenvalue weighted by atomic mass is 10.1. The van der Waals surface area contributed by atoms with Crippen LogP contribution >= 0.6 is 11.8 Å². The number of hydrogen-bond donors (Lipinski definition) is 0. The van der Waals surface area contributed by atoms with E-state index in [2.05, 4.69) is 112 Å². The van der Waals surface area contributed by atoms with Crippen molar-refractivity contribution in [2.75, 3.05) is 13.5 Å². The Hall–Kier alpha value is -4.63. The van der Waals surface area contributed by atoms with Crippen LogP contribution in [-0.4, -0.2) is 34.5 Å². The van der Waals surface area contributed by atoms with Crippen LogP contribution in [0.2, 0.25) is 0 Å². The Bertz CT molecular complexity index is 1990. The smallest absolute Gasteiger partial charge is 0.142 e. The summed E-state index contributed by atoms with van der Waals surface area (Å²) in [6.07, 6.45) is 0.953. The molecule has 0 aromatic heterocycles. The quantitative estimate of drug-likeness (QED) is 0.126. The van der Waals surface area contributed by atoms with Crippen molar-refractivity contribution in [2.24, 2.45) is 0 Å². The third-order valence-corrected chi connectivity index (χ3v) is 10.3. The molecule has 0 radical (unpaired) electrons. The van der Waals surface area contributed by atoms with Gasteiger partial charge in [0.25, 0.3) is 0 Å². The summed E-state index contributed by atoms with van der Waals surface area (Å²) >= 11 is 1.72. The summed E-state index contributed by atoms with van der Waals surface area (Å²) in [5.74, 6) is 5.21. The highest BCUT2D eigenvalue weighted by molar-refractivity contribution is 7.99. The van der Waals surface area contributed by atoms with Gasteiger partial charge in [-0.2, -0.15) is 0 Å². The van der Waals surface area contributed by atoms with Gasteiger partial charge in [0, 0.05) is 47.1 Å². The van der Waals surface area contributed by atoms with Crippen molar-refractivity contribution in [1.82, 2.24) is 9.80 Å². The van der Waals surface area contributed by atoms with E-state index in [4.69, 9.17) is 23.7 Å². The molecule has 7 nitrogen and oxygen atoms in total. The highest BCUT2D eigenvalue weighted by Crippen LogP contribution is 2.35. The van der Waals surface area contributed by atoms with Gasteiger partial charge in [-0.15, -0.1) is 0 Å². The van der Waals surface area contributed by atoms with Gasteiger partial charge < -0.3 is 23.7 Å². The van der Waals surface area contributed by atoms with Gasteiger partial charge in [-0.3, -0.25) is 9.80 Å². The van der Waals surface area contributed by atoms with Crippen LogP contribution in [-0.2, 0) is 26.2 Å². The zero-order valence-electron chi connectivity index (χ0n) is 31.7. The fourth-order valence-electron chi connectivity index (χ4n) is 6.30. The van der Waals surface area contributed by atoms with Crippen LogP contribution in [0.4, 0.5) is 0 Å². The maximum absolute atomic E-state index is 6.28. The highest BCUT2D eigenvalue weighted by Gasteiger charge is 2.22. The zero-order chi connectivity index (χ0) is 37.0. The molecule has 0 spiro atoms. The van der Waals surface area contributed by atoms with E-state index in [0.717, 1.165) is 88.0 Å². The standard InChI is InChI=1S/C45H50N2O5S/c1-7-45(5,6)52-37-14-20-41(21-15-37)53-40-18-12-36(13-19-40)50-38-16-22-42-34(24-38)28-46(30-48-42)26-32-8-10-33(11-9-32)27-47-29-35-25-39(51-44(2,3)4)17-23-43(35)49-31-47/h8-25H,7,26-31H2,1-6H3. The first-order valence-corrected chi connectivity index (χ1v) is 19.2. The molecule has 2 heterocycles. The molecule has 8 heteroatoms. The van der Waals surface area contributed by atoms with Crippen molar-refractivity contribution in [3.8, 4) is 34.5 Å². The number of hydrogen-bond acceptors (Lipinski definition) is 8. The van der Waals surface area contributed by atoms with Crippen LogP contribution in [0.3, 0.4) is 0 Å². The van der Waals surface area contributed by atoms with Gasteiger partial charge >= 0.3 is 0 Å². The molecular formula is C45H50N2O5S. The summed E-state index contributed by atoms with van der Waals surface area (Å²) in [5.41, 5.74) is 4.37. The van der Waals surface area contributed by atoms with Gasteiger partial charge in [0.15, 0.2) is 0 Å². The number of rotatable bonds is 12. The maximum atomic E-state index is 6.28. The number of fused-ring (bicyclic) bond motifs is 2. The second-order valence-corrected chi connectivity index (χ2v) is 16.6. The lowest BCUT2D eigenvalue weighted by Crippen LogP contribution is -2.32. The first-order valence-electron chi connectivity index (χ1n) is 18.4. The molecule has 276 valence electrons. The minimum Gasteiger partial charge on any atom is -0.488 e. The van der Waals surface area contributed by atoms with E-state index in [9.17, 15) is 0 Å². The average Bonchev–Trinajstić information content (AvgIpc) is 3.13. The molecule has 2 aliphatic rings. The van der Waals surface area contributed by atoms with Gasteiger partial charge in [-0.1, -0.05) is 43.0 Å². The van der Waals surface area contributed by atoms with E-state index >= 15 is 0 Å². The highest BCUT2D eigenvalue weighted by atomic mass is 32.2. The molecule has 0 amide bonds. The first kappa shape index (κ1) is 36.7. The summed E-state index contributed by atoms with van der Waals surface area (Å²) in [6.45, 7) is 16.9. The van der Waals surface area contributed by atoms with Gasteiger partial charge in [-0.05, 0) is 137 Å². The topological polar surface area (TPSA) is 52.6 Å². The maximum Gasteiger partial charge on any atom is 0.142 e. The van der Waals surface area contributed by atoms with E-state index in [1.165, 1.54) is 11.1 Å². The molecule has 5 aromatic carbocycles. The monoisotopic (exact) mass is 730 g/mol. The van der Waals surface area contributed by atoms with E-state index < -0.39 is 0 Å². The molecular weight excluding hydrogens is 681 g/mol. The number of nitrogens with zero attached hydrogens (tertiary/aromatic N) is 2. The largest absolute Gasteiger partial charge is 0.488 e. The SMILES string of the molecule is CCC(C)(C)Oc1ccc(Sc2ccc(Oc3ccc4c(c3)CN(Cc3ccc(CN5COc6ccc(OC(C)(C)C)cc6C5)cc3)CO4)cc2)cc1. The van der Waals surface area contributed by atoms with Crippen molar-refractivity contribution >= 4 is 11.8 Å². The van der Waals surface area contributed by atoms with Crippen LogP contribution in [0.5, 0.6) is 34.5 Å². The van der Waals surface area contributed by atoms with Gasteiger partial charge in [0.1, 0.15) is 59.2 Å². The third kappa shape index (κ3) is 10.1. The minimum atomic E-state index is -0.239. The number of ether oxygens (including phenoxy) is 5. The van der Waals surface area contributed by atoms with Crippen LogP contribution in [0.1, 0.15) is 70.2 Å². The normalized spacial score (nSPS) is 14.8. The fourth-order valence-corrected chi connectivity index (χ4v) is 7.12. The molecule has 0 saturated heterocycles. The van der Waals surface area contributed by atoms with Crippen LogP contribution in [0, 0.1) is 0 Å². The molecule has 53 heavy (non-hydrogen) atoms. The molecule has 0 N–H and O–H groups in total. The average molecular weight is 731 g/mol. The van der Waals surface area contributed by atoms with Crippen LogP contribution < -0.4 is 23.7 Å². The molecule has 0 atom stereocenters. The van der Waals surface area contributed by atoms with E-state index in [0.29, 0.717) is 13.5 Å². The minimum absolute atomic E-state index is 0.170. The predicted molar refractivity (Wildman–Crippen MR) is 211 cm³/mol. The first-order chi connectivity index (χ1) is 25.4. The zero-order valence-corrected chi connectivity index (χ0v) is 32.5. The van der Waals surface area contributed by atoms with Crippen LogP contribution in [0.25, 0.3) is 0 Å². The third-order valence-electron chi connectivity index (χ3n) is 9.28. The van der Waals surface area contributed by atoms with Gasteiger partial charge in [0.2, 0.25) is 0 Å². The molecule has 0 fully saturated rings. The Kier molecular flexibility index (Phi) is 10.9. The molecule has 0 aliphatic carbocycles. The fraction of sp³-hybridized carbons (Fsp3) is 0.333. The van der Waals surface area contributed by atoms with Crippen molar-refractivity contribution in [2.45, 2.75) is 95.1 Å². The Balaban J connectivity index is 0.899. The predicted octanol–water partition coefficient (Wildman–Crippen LogP) is 11.1. The summed E-state index contributed by atoms with van der Waals surface area (Å²) in [5, 5.41) is 0. The van der Waals surface area contributed by atoms with Gasteiger partial charge in [-0.25, -0.2) is 0 Å². The Labute approximate surface area is 318 Å². The Morgan fingerprint density at radius 1 is 0.566 bits per heavy atom. The number of benzene rings is 5. The lowest BCUT2D eigenvalue weighted by Gasteiger charge is -2.30. The second-order valence-electron chi connectivity index (χ2n) is 15.5. The van der Waals surface area contributed by atoms with Crippen molar-refractivity contribution < 1.29 is 23.7 Å². The summed E-state index contributed by atoms with van der Waals surface area (Å²) in [7, 11) is 0. The molecule has 2 aliphatic heterocycles. The second kappa shape index (κ2) is 15.8. The lowest BCUT2D eigenvalue weighted by molar-refractivity contribution is 0.0868. The van der Waals surface area contributed by atoms with E-state index in [-0.39, 0.29) is 11.2 Å². The summed E-state index contributed by atoms with van der Waals surface area (Å²) in [6, 6.07) is 37.6. The van der Waals surface area contributed by atoms with E-state index in [1.807, 2.05) is 48.5 Å². The molecule has 7 rings (SSSR count). The van der Waals surface area contributed by atoms with Gasteiger partial charge in [0.05, 0.1) is 0 Å². The van der Waals surface area contributed by atoms with Crippen molar-refractivity contribution in [1.29, 1.82) is 0 Å². The van der Waals surface area contributed by atoms with Crippen LogP contribution in [0.15, 0.2) is 119 Å². The Morgan fingerprint density at radius 2 is 1.04 bits per heavy atom. The molecule has 0 saturated carbocycles.